The van der Waals surface area contributed by atoms with Crippen molar-refractivity contribution in [2.45, 2.75) is 50.8 Å². The molecule has 3 atom stereocenters. The molecule has 3 rings (SSSR count). The highest BCUT2D eigenvalue weighted by molar-refractivity contribution is 5.71. The maximum atomic E-state index is 11.3. The van der Waals surface area contributed by atoms with Crippen molar-refractivity contribution in [3.8, 4) is 0 Å². The van der Waals surface area contributed by atoms with E-state index in [9.17, 15) is 4.79 Å². The second-order valence-corrected chi connectivity index (χ2v) is 5.50. The number of esters is 1. The minimum absolute atomic E-state index is 0.148. The van der Waals surface area contributed by atoms with Crippen LogP contribution in [0.15, 0.2) is 30.3 Å². The lowest BCUT2D eigenvalue weighted by Gasteiger charge is -2.22. The third-order valence-electron chi connectivity index (χ3n) is 3.54. The van der Waals surface area contributed by atoms with E-state index in [1.165, 1.54) is 0 Å². The van der Waals surface area contributed by atoms with Crippen molar-refractivity contribution >= 4 is 5.97 Å². The summed E-state index contributed by atoms with van der Waals surface area (Å²) in [5.41, 5.74) is 1.06. The summed E-state index contributed by atoms with van der Waals surface area (Å²) in [6, 6.07) is 9.94. The number of cyclic esters (lactones) is 1. The number of ether oxygens (including phenoxy) is 3. The van der Waals surface area contributed by atoms with Gasteiger partial charge in [0.1, 0.15) is 18.3 Å². The largest absolute Gasteiger partial charge is 0.459 e. The molecule has 2 aliphatic rings. The molecule has 19 heavy (non-hydrogen) atoms. The molecule has 0 bridgehead atoms. The number of carbonyl (C=O) groups excluding carboxylic acids is 1. The van der Waals surface area contributed by atoms with Gasteiger partial charge in [0.2, 0.25) is 0 Å². The highest BCUT2D eigenvalue weighted by Crippen LogP contribution is 2.42. The molecule has 2 aliphatic heterocycles. The van der Waals surface area contributed by atoms with Crippen LogP contribution in [-0.2, 0) is 19.0 Å². The molecule has 1 aromatic rings. The van der Waals surface area contributed by atoms with Crippen LogP contribution >= 0.6 is 0 Å². The van der Waals surface area contributed by atoms with Gasteiger partial charge in [-0.25, -0.2) is 0 Å². The molecule has 0 N–H and O–H groups in total. The second kappa shape index (κ2) is 4.62. The lowest BCUT2D eigenvalue weighted by Crippen LogP contribution is -2.31. The zero-order chi connectivity index (χ0) is 13.5. The lowest BCUT2D eigenvalue weighted by atomic mass is 9.99. The quantitative estimate of drug-likeness (QED) is 0.768. The summed E-state index contributed by atoms with van der Waals surface area (Å²) in [5.74, 6) is -0.801. The fourth-order valence-electron chi connectivity index (χ4n) is 2.74. The molecular weight excluding hydrogens is 244 g/mol. The lowest BCUT2D eigenvalue weighted by molar-refractivity contribution is -0.163. The van der Waals surface area contributed by atoms with Crippen LogP contribution in [0.4, 0.5) is 0 Å². The van der Waals surface area contributed by atoms with E-state index in [2.05, 4.69) is 0 Å². The molecule has 4 nitrogen and oxygen atoms in total. The molecule has 102 valence electrons. The van der Waals surface area contributed by atoms with Gasteiger partial charge in [-0.15, -0.1) is 0 Å². The molecule has 2 heterocycles. The van der Waals surface area contributed by atoms with Crippen molar-refractivity contribution in [1.82, 2.24) is 0 Å². The Kier molecular flexibility index (Phi) is 3.07. The maximum Gasteiger partial charge on any atom is 0.306 e. The van der Waals surface area contributed by atoms with Crippen molar-refractivity contribution in [1.29, 1.82) is 0 Å². The van der Waals surface area contributed by atoms with Gasteiger partial charge in [-0.05, 0) is 25.8 Å². The zero-order valence-corrected chi connectivity index (χ0v) is 11.2. The van der Waals surface area contributed by atoms with Crippen LogP contribution in [-0.4, -0.2) is 24.0 Å². The maximum absolute atomic E-state index is 11.3. The third-order valence-corrected chi connectivity index (χ3v) is 3.54. The predicted molar refractivity (Wildman–Crippen MR) is 68.3 cm³/mol. The predicted octanol–water partition coefficient (Wildman–Crippen LogP) is 2.58. The highest BCUT2D eigenvalue weighted by atomic mass is 16.8. The summed E-state index contributed by atoms with van der Waals surface area (Å²) >= 11 is 0. The Balaban J connectivity index is 1.86. The summed E-state index contributed by atoms with van der Waals surface area (Å²) in [6.07, 6.45) is 0.536. The van der Waals surface area contributed by atoms with Crippen LogP contribution in [0, 0.1) is 0 Å². The first-order valence-electron chi connectivity index (χ1n) is 6.65. The Morgan fingerprint density at radius 3 is 2.53 bits per heavy atom. The van der Waals surface area contributed by atoms with Crippen molar-refractivity contribution in [2.24, 2.45) is 0 Å². The summed E-state index contributed by atoms with van der Waals surface area (Å²) in [5, 5.41) is 0. The third kappa shape index (κ3) is 2.51. The number of carbonyl (C=O) groups is 1. The van der Waals surface area contributed by atoms with Gasteiger partial charge < -0.3 is 14.2 Å². The minimum Gasteiger partial charge on any atom is -0.459 e. The molecule has 1 aromatic carbocycles. The molecule has 0 unspecified atom stereocenters. The van der Waals surface area contributed by atoms with E-state index in [1.54, 1.807) is 0 Å². The van der Waals surface area contributed by atoms with E-state index in [1.807, 2.05) is 44.2 Å². The Bertz CT molecular complexity index is 468. The standard InChI is InChI=1S/C15H18O4/c1-15(2)18-13(10-6-4-3-5-7-10)14(19-15)11-8-9-12(16)17-11/h3-7,11,13-14H,8-9H2,1-2H3/t11-,13-,14-/m1/s1. The summed E-state index contributed by atoms with van der Waals surface area (Å²) < 4.78 is 17.3. The molecule has 0 aromatic heterocycles. The molecule has 2 fully saturated rings. The Morgan fingerprint density at radius 2 is 1.89 bits per heavy atom. The molecule has 4 heteroatoms. The van der Waals surface area contributed by atoms with Gasteiger partial charge in [-0.2, -0.15) is 0 Å². The van der Waals surface area contributed by atoms with Gasteiger partial charge in [-0.3, -0.25) is 4.79 Å². The molecule has 0 spiro atoms. The van der Waals surface area contributed by atoms with Crippen LogP contribution in [0.25, 0.3) is 0 Å². The van der Waals surface area contributed by atoms with E-state index in [0.717, 1.165) is 5.56 Å². The van der Waals surface area contributed by atoms with Gasteiger partial charge in [-0.1, -0.05) is 30.3 Å². The Labute approximate surface area is 112 Å². The summed E-state index contributed by atoms with van der Waals surface area (Å²) in [6.45, 7) is 3.78. The van der Waals surface area contributed by atoms with E-state index >= 15 is 0 Å². The van der Waals surface area contributed by atoms with Crippen LogP contribution in [0.3, 0.4) is 0 Å². The monoisotopic (exact) mass is 262 g/mol. The average Bonchev–Trinajstić information content (AvgIpc) is 2.94. The second-order valence-electron chi connectivity index (χ2n) is 5.50. The van der Waals surface area contributed by atoms with E-state index in [-0.39, 0.29) is 24.3 Å². The molecule has 0 saturated carbocycles. The Morgan fingerprint density at radius 1 is 1.16 bits per heavy atom. The van der Waals surface area contributed by atoms with Gasteiger partial charge in [0, 0.05) is 6.42 Å². The average molecular weight is 262 g/mol. The van der Waals surface area contributed by atoms with Crippen molar-refractivity contribution in [3.05, 3.63) is 35.9 Å². The summed E-state index contributed by atoms with van der Waals surface area (Å²) in [7, 11) is 0. The van der Waals surface area contributed by atoms with Crippen LogP contribution in [0.2, 0.25) is 0 Å². The van der Waals surface area contributed by atoms with Crippen molar-refractivity contribution in [2.75, 3.05) is 0 Å². The number of hydrogen-bond donors (Lipinski definition) is 0. The highest BCUT2D eigenvalue weighted by Gasteiger charge is 2.48. The number of hydrogen-bond acceptors (Lipinski definition) is 4. The van der Waals surface area contributed by atoms with Gasteiger partial charge in [0.25, 0.3) is 0 Å². The first-order valence-corrected chi connectivity index (χ1v) is 6.65. The molecular formula is C15H18O4. The smallest absolute Gasteiger partial charge is 0.306 e. The van der Waals surface area contributed by atoms with Crippen LogP contribution in [0.1, 0.15) is 38.4 Å². The van der Waals surface area contributed by atoms with Gasteiger partial charge >= 0.3 is 5.97 Å². The SMILES string of the molecule is CC1(C)O[C@H]([C@H]2CCC(=O)O2)[C@@H](c2ccccc2)O1. The fraction of sp³-hybridized carbons (Fsp3) is 0.533. The molecule has 2 saturated heterocycles. The van der Waals surface area contributed by atoms with Gasteiger partial charge in [0.05, 0.1) is 0 Å². The number of benzene rings is 1. The number of rotatable bonds is 2. The first-order chi connectivity index (χ1) is 9.05. The fourth-order valence-corrected chi connectivity index (χ4v) is 2.74. The zero-order valence-electron chi connectivity index (χ0n) is 11.2. The van der Waals surface area contributed by atoms with Crippen LogP contribution < -0.4 is 0 Å². The van der Waals surface area contributed by atoms with Crippen molar-refractivity contribution < 1.29 is 19.0 Å². The van der Waals surface area contributed by atoms with Gasteiger partial charge in [0.15, 0.2) is 5.79 Å². The normalized spacial score (nSPS) is 33.4. The van der Waals surface area contributed by atoms with E-state index < -0.39 is 5.79 Å². The summed E-state index contributed by atoms with van der Waals surface area (Å²) in [4.78, 5) is 11.3. The van der Waals surface area contributed by atoms with E-state index in [0.29, 0.717) is 12.8 Å². The minimum atomic E-state index is -0.653. The van der Waals surface area contributed by atoms with E-state index in [4.69, 9.17) is 14.2 Å². The molecule has 0 amide bonds. The topological polar surface area (TPSA) is 44.8 Å². The Hall–Kier alpha value is -1.39. The first kappa shape index (κ1) is 12.6. The van der Waals surface area contributed by atoms with Crippen molar-refractivity contribution in [3.63, 3.8) is 0 Å². The van der Waals surface area contributed by atoms with Crippen LogP contribution in [0.5, 0.6) is 0 Å². The molecule has 0 aliphatic carbocycles. The molecule has 0 radical (unpaired) electrons.